The molecule has 1 saturated heterocycles. The number of carbonyl (C=O) groups is 3. The van der Waals surface area contributed by atoms with E-state index < -0.39 is 17.9 Å². The Morgan fingerprint density at radius 2 is 1.94 bits per heavy atom. The van der Waals surface area contributed by atoms with Crippen molar-refractivity contribution in [3.8, 4) is 0 Å². The molecule has 5 N–H and O–H groups in total. The van der Waals surface area contributed by atoms with Gasteiger partial charge in [-0.2, -0.15) is 0 Å². The van der Waals surface area contributed by atoms with Crippen LogP contribution in [0.5, 0.6) is 0 Å². The van der Waals surface area contributed by atoms with E-state index in [0.29, 0.717) is 19.5 Å². The third-order valence-electron chi connectivity index (χ3n) is 5.53. The molecular weight excluding hydrogens is 454 g/mol. The molecule has 0 aliphatic carbocycles. The topological polar surface area (TPSA) is 156 Å². The van der Waals surface area contributed by atoms with Crippen LogP contribution in [0.25, 0.3) is 0 Å². The highest BCUT2D eigenvalue weighted by Gasteiger charge is 2.34. The lowest BCUT2D eigenvalue weighted by molar-refractivity contribution is -0.146. The van der Waals surface area contributed by atoms with Gasteiger partial charge in [-0.1, -0.05) is 36.4 Å². The van der Waals surface area contributed by atoms with E-state index >= 15 is 0 Å². The number of aromatic nitrogens is 1. The van der Waals surface area contributed by atoms with Crippen molar-refractivity contribution in [3.05, 3.63) is 60.3 Å². The van der Waals surface area contributed by atoms with Crippen molar-refractivity contribution in [2.45, 2.75) is 31.2 Å². The molecule has 3 rings (SSSR count). The number of carbonyl (C=O) groups excluding carboxylic acids is 2. The maximum Gasteiger partial charge on any atom is 0.322 e. The summed E-state index contributed by atoms with van der Waals surface area (Å²) in [6.07, 6.45) is 2.00. The van der Waals surface area contributed by atoms with Crippen LogP contribution in [0.15, 0.2) is 54.7 Å². The van der Waals surface area contributed by atoms with Crippen LogP contribution in [0.3, 0.4) is 0 Å². The molecule has 1 fully saturated rings. The van der Waals surface area contributed by atoms with Crippen molar-refractivity contribution in [1.82, 2.24) is 15.2 Å². The van der Waals surface area contributed by atoms with Gasteiger partial charge in [-0.3, -0.25) is 19.3 Å². The van der Waals surface area contributed by atoms with Crippen LogP contribution >= 0.6 is 0 Å². The third-order valence-corrected chi connectivity index (χ3v) is 5.53. The van der Waals surface area contributed by atoms with Gasteiger partial charge in [0.1, 0.15) is 25.1 Å². The Morgan fingerprint density at radius 1 is 1.17 bits per heavy atom. The first-order valence-electron chi connectivity index (χ1n) is 11.4. The number of aliphatic carboxylic acids is 1. The zero-order valence-corrected chi connectivity index (χ0v) is 19.3. The van der Waals surface area contributed by atoms with Crippen LogP contribution in [-0.2, 0) is 30.5 Å². The van der Waals surface area contributed by atoms with Crippen molar-refractivity contribution in [2.75, 3.05) is 38.1 Å². The van der Waals surface area contributed by atoms with Crippen LogP contribution in [0, 0.1) is 0 Å². The number of anilines is 1. The van der Waals surface area contributed by atoms with Crippen LogP contribution in [0.2, 0.25) is 0 Å². The van der Waals surface area contributed by atoms with Gasteiger partial charge in [-0.05, 0) is 24.1 Å². The lowest BCUT2D eigenvalue weighted by Gasteiger charge is -2.23. The van der Waals surface area contributed by atoms with Crippen LogP contribution in [0.1, 0.15) is 12.0 Å². The summed E-state index contributed by atoms with van der Waals surface area (Å²) >= 11 is 0. The van der Waals surface area contributed by atoms with Gasteiger partial charge in [-0.15, -0.1) is 0 Å². The fourth-order valence-corrected chi connectivity index (χ4v) is 3.66. The van der Waals surface area contributed by atoms with Gasteiger partial charge in [0.15, 0.2) is 0 Å². The van der Waals surface area contributed by atoms with Crippen LogP contribution in [-0.4, -0.2) is 83.8 Å². The van der Waals surface area contributed by atoms with Gasteiger partial charge in [0.2, 0.25) is 5.91 Å². The average Bonchev–Trinajstić information content (AvgIpc) is 3.25. The summed E-state index contributed by atoms with van der Waals surface area (Å²) in [5.74, 6) is -1.28. The Morgan fingerprint density at radius 3 is 2.66 bits per heavy atom. The smallest absolute Gasteiger partial charge is 0.322 e. The van der Waals surface area contributed by atoms with Gasteiger partial charge in [0.05, 0.1) is 12.6 Å². The number of pyridine rings is 1. The molecule has 0 spiro atoms. The third kappa shape index (κ3) is 8.96. The van der Waals surface area contributed by atoms with E-state index in [9.17, 15) is 14.4 Å². The number of rotatable bonds is 13. The molecule has 35 heavy (non-hydrogen) atoms. The second-order valence-corrected chi connectivity index (χ2v) is 8.24. The zero-order chi connectivity index (χ0) is 25.0. The number of nitrogens with one attached hydrogen (secondary N) is 2. The van der Waals surface area contributed by atoms with Crippen molar-refractivity contribution < 1.29 is 29.0 Å². The number of nitrogens with zero attached hydrogens (tertiary/aromatic N) is 2. The van der Waals surface area contributed by atoms with E-state index in [-0.39, 0.29) is 44.4 Å². The molecule has 1 amide bonds. The molecular formula is C24H31N5O6. The van der Waals surface area contributed by atoms with Gasteiger partial charge in [0, 0.05) is 31.9 Å². The van der Waals surface area contributed by atoms with E-state index in [4.69, 9.17) is 20.3 Å². The summed E-state index contributed by atoms with van der Waals surface area (Å²) in [5.41, 5.74) is 6.30. The molecule has 0 unspecified atom stereocenters. The van der Waals surface area contributed by atoms with Crippen molar-refractivity contribution >= 4 is 23.7 Å². The number of amides is 1. The summed E-state index contributed by atoms with van der Waals surface area (Å²) in [4.78, 5) is 41.5. The summed E-state index contributed by atoms with van der Waals surface area (Å²) < 4.78 is 11.2. The minimum atomic E-state index is -1.19. The quantitative estimate of drug-likeness (QED) is 0.290. The second-order valence-electron chi connectivity index (χ2n) is 8.24. The highest BCUT2D eigenvalue weighted by molar-refractivity contribution is 5.79. The van der Waals surface area contributed by atoms with Gasteiger partial charge in [0.25, 0.3) is 0 Å². The van der Waals surface area contributed by atoms with Crippen molar-refractivity contribution in [2.24, 2.45) is 5.73 Å². The number of carboxylic acids is 1. The van der Waals surface area contributed by atoms with E-state index in [1.807, 2.05) is 53.4 Å². The van der Waals surface area contributed by atoms with E-state index in [1.54, 1.807) is 6.20 Å². The molecule has 1 aliphatic heterocycles. The predicted molar refractivity (Wildman–Crippen MR) is 127 cm³/mol. The molecule has 1 aromatic carbocycles. The Balaban J connectivity index is 1.51. The Bertz CT molecular complexity index is 961. The monoisotopic (exact) mass is 485 g/mol. The standard InChI is InChI=1S/C24H31N5O6/c25-20(24(32)33)12-28-22(30)16-34-19-10-18(11-27-21-8-4-5-9-26-21)29(13-19)14-23(31)35-15-17-6-2-1-3-7-17/h1-9,18-20H,10-16,25H2,(H,26,27)(H,28,30)(H,32,33)/t18-,19+,20-/m0/s1. The number of esters is 1. The molecule has 0 bridgehead atoms. The first-order chi connectivity index (χ1) is 16.9. The van der Waals surface area contributed by atoms with E-state index in [1.165, 1.54) is 0 Å². The number of benzene rings is 1. The molecule has 188 valence electrons. The van der Waals surface area contributed by atoms with Gasteiger partial charge in [-0.25, -0.2) is 4.98 Å². The predicted octanol–water partition coefficient (Wildman–Crippen LogP) is 0.225. The Labute approximate surface area is 203 Å². The lowest BCUT2D eigenvalue weighted by atomic mass is 10.2. The zero-order valence-electron chi connectivity index (χ0n) is 19.3. The Hall–Kier alpha value is -3.54. The largest absolute Gasteiger partial charge is 0.480 e. The summed E-state index contributed by atoms with van der Waals surface area (Å²) in [6.45, 7) is 0.838. The average molecular weight is 486 g/mol. The van der Waals surface area contributed by atoms with E-state index in [2.05, 4.69) is 15.6 Å². The number of likely N-dealkylation sites (tertiary alicyclic amines) is 1. The summed E-state index contributed by atoms with van der Waals surface area (Å²) in [5, 5.41) is 14.5. The number of ether oxygens (including phenoxy) is 2. The van der Waals surface area contributed by atoms with Crippen LogP contribution in [0.4, 0.5) is 5.82 Å². The molecule has 1 aromatic heterocycles. The molecule has 3 atom stereocenters. The normalized spacial score (nSPS) is 18.5. The van der Waals surface area contributed by atoms with Crippen molar-refractivity contribution in [1.29, 1.82) is 0 Å². The minimum absolute atomic E-state index is 0.0465. The first-order valence-corrected chi connectivity index (χ1v) is 11.4. The van der Waals surface area contributed by atoms with Crippen molar-refractivity contribution in [3.63, 3.8) is 0 Å². The highest BCUT2D eigenvalue weighted by atomic mass is 16.5. The van der Waals surface area contributed by atoms with E-state index in [0.717, 1.165) is 11.4 Å². The minimum Gasteiger partial charge on any atom is -0.480 e. The lowest BCUT2D eigenvalue weighted by Crippen LogP contribution is -2.43. The maximum atomic E-state index is 12.5. The fourth-order valence-electron chi connectivity index (χ4n) is 3.66. The molecule has 11 heteroatoms. The summed E-state index contributed by atoms with van der Waals surface area (Å²) in [7, 11) is 0. The molecule has 2 heterocycles. The molecule has 11 nitrogen and oxygen atoms in total. The maximum absolute atomic E-state index is 12.5. The molecule has 0 radical (unpaired) electrons. The van der Waals surface area contributed by atoms with Crippen LogP contribution < -0.4 is 16.4 Å². The molecule has 0 saturated carbocycles. The van der Waals surface area contributed by atoms with Gasteiger partial charge < -0.3 is 30.9 Å². The first kappa shape index (κ1) is 26.1. The number of nitrogens with two attached hydrogens (primary N) is 1. The number of carboxylic acid groups (broad SMARTS) is 1. The van der Waals surface area contributed by atoms with Gasteiger partial charge >= 0.3 is 11.9 Å². The summed E-state index contributed by atoms with van der Waals surface area (Å²) in [6, 6.07) is 13.8. The highest BCUT2D eigenvalue weighted by Crippen LogP contribution is 2.21. The second kappa shape index (κ2) is 13.4. The number of hydrogen-bond donors (Lipinski definition) is 4. The molecule has 2 aromatic rings. The molecule has 1 aliphatic rings. The Kier molecular flexibility index (Phi) is 9.96. The fraction of sp³-hybridized carbons (Fsp3) is 0.417. The number of hydrogen-bond acceptors (Lipinski definition) is 9. The SMILES string of the molecule is N[C@@H](CNC(=O)CO[C@@H]1C[C@@H](CNc2ccccn2)N(CC(=O)OCc2ccccc2)C1)C(=O)O.